The van der Waals surface area contributed by atoms with Gasteiger partial charge in [0.15, 0.2) is 0 Å². The molecule has 0 amide bonds. The summed E-state index contributed by atoms with van der Waals surface area (Å²) in [4.78, 5) is 0. The SMILES string of the molecule is N[C@@H](CS)c1nnc([C@H]2CCCN2)o1. The maximum atomic E-state index is 5.71. The minimum absolute atomic E-state index is 0.211. The number of rotatable bonds is 3. The van der Waals surface area contributed by atoms with Crippen molar-refractivity contribution < 1.29 is 4.42 Å². The van der Waals surface area contributed by atoms with Crippen LogP contribution in [0.1, 0.15) is 36.7 Å². The molecule has 0 bridgehead atoms. The normalized spacial score (nSPS) is 24.0. The van der Waals surface area contributed by atoms with Gasteiger partial charge in [0.05, 0.1) is 12.1 Å². The number of nitrogens with one attached hydrogen (secondary N) is 1. The topological polar surface area (TPSA) is 77.0 Å². The van der Waals surface area contributed by atoms with Gasteiger partial charge in [-0.2, -0.15) is 12.6 Å². The number of hydrogen-bond donors (Lipinski definition) is 3. The molecule has 1 aliphatic rings. The van der Waals surface area contributed by atoms with Gasteiger partial charge >= 0.3 is 0 Å². The van der Waals surface area contributed by atoms with Crippen LogP contribution < -0.4 is 11.1 Å². The molecule has 1 saturated heterocycles. The van der Waals surface area contributed by atoms with Crippen LogP contribution in [-0.2, 0) is 0 Å². The average molecular weight is 214 g/mol. The van der Waals surface area contributed by atoms with Crippen LogP contribution in [0.25, 0.3) is 0 Å². The molecule has 0 aromatic carbocycles. The summed E-state index contributed by atoms with van der Waals surface area (Å²) in [5.74, 6) is 1.64. The van der Waals surface area contributed by atoms with Gasteiger partial charge in [-0.1, -0.05) is 0 Å². The van der Waals surface area contributed by atoms with Crippen LogP contribution in [0, 0.1) is 0 Å². The Labute approximate surface area is 87.9 Å². The summed E-state index contributed by atoms with van der Waals surface area (Å²) < 4.78 is 5.46. The van der Waals surface area contributed by atoms with Crippen LogP contribution in [0.15, 0.2) is 4.42 Å². The standard InChI is InChI=1S/C8H14N4OS/c9-5(4-14)7-11-12-8(13-7)6-2-1-3-10-6/h5-6,10,14H,1-4,9H2/t5-,6+/m0/s1. The van der Waals surface area contributed by atoms with E-state index >= 15 is 0 Å². The van der Waals surface area contributed by atoms with Crippen LogP contribution >= 0.6 is 12.6 Å². The van der Waals surface area contributed by atoms with Gasteiger partial charge in [0.1, 0.15) is 0 Å². The van der Waals surface area contributed by atoms with Crippen LogP contribution in [0.2, 0.25) is 0 Å². The van der Waals surface area contributed by atoms with E-state index in [1.165, 1.54) is 0 Å². The van der Waals surface area contributed by atoms with Crippen molar-refractivity contribution in [3.63, 3.8) is 0 Å². The van der Waals surface area contributed by atoms with E-state index in [1.54, 1.807) is 0 Å². The second-order valence-corrected chi connectivity index (χ2v) is 3.78. The van der Waals surface area contributed by atoms with E-state index in [4.69, 9.17) is 10.2 Å². The van der Waals surface area contributed by atoms with E-state index in [0.29, 0.717) is 17.5 Å². The molecule has 5 nitrogen and oxygen atoms in total. The van der Waals surface area contributed by atoms with Gasteiger partial charge in [-0.3, -0.25) is 0 Å². The largest absolute Gasteiger partial charge is 0.422 e. The maximum absolute atomic E-state index is 5.71. The molecular weight excluding hydrogens is 200 g/mol. The molecule has 14 heavy (non-hydrogen) atoms. The lowest BCUT2D eigenvalue weighted by Gasteiger charge is -2.03. The average Bonchev–Trinajstić information content (AvgIpc) is 2.86. The molecule has 2 rings (SSSR count). The summed E-state index contributed by atoms with van der Waals surface area (Å²) in [5, 5.41) is 11.2. The van der Waals surface area contributed by atoms with Gasteiger partial charge in [0.25, 0.3) is 0 Å². The quantitative estimate of drug-likeness (QED) is 0.636. The number of thiol groups is 1. The molecule has 1 fully saturated rings. The fourth-order valence-electron chi connectivity index (χ4n) is 1.51. The van der Waals surface area contributed by atoms with E-state index in [-0.39, 0.29) is 12.1 Å². The van der Waals surface area contributed by atoms with Gasteiger partial charge in [0, 0.05) is 5.75 Å². The van der Waals surface area contributed by atoms with Gasteiger partial charge in [0.2, 0.25) is 11.8 Å². The highest BCUT2D eigenvalue weighted by Crippen LogP contribution is 2.22. The third-order valence-electron chi connectivity index (χ3n) is 2.33. The maximum Gasteiger partial charge on any atom is 0.234 e. The van der Waals surface area contributed by atoms with Crippen molar-refractivity contribution in [2.24, 2.45) is 5.73 Å². The minimum atomic E-state index is -0.263. The van der Waals surface area contributed by atoms with E-state index in [1.807, 2.05) is 0 Å². The molecule has 3 N–H and O–H groups in total. The first kappa shape index (κ1) is 9.95. The summed E-state index contributed by atoms with van der Waals surface area (Å²) in [6.07, 6.45) is 2.21. The molecule has 0 radical (unpaired) electrons. The van der Waals surface area contributed by atoms with Crippen LogP contribution in [0.5, 0.6) is 0 Å². The Morgan fingerprint density at radius 3 is 3.14 bits per heavy atom. The highest BCUT2D eigenvalue weighted by Gasteiger charge is 2.23. The van der Waals surface area contributed by atoms with Gasteiger partial charge in [-0.05, 0) is 19.4 Å². The molecule has 0 aliphatic carbocycles. The van der Waals surface area contributed by atoms with Crippen molar-refractivity contribution in [2.75, 3.05) is 12.3 Å². The Morgan fingerprint density at radius 1 is 1.64 bits per heavy atom. The lowest BCUT2D eigenvalue weighted by Crippen LogP contribution is -2.13. The molecule has 1 aromatic heterocycles. The number of hydrogen-bond acceptors (Lipinski definition) is 6. The highest BCUT2D eigenvalue weighted by molar-refractivity contribution is 7.80. The molecule has 6 heteroatoms. The summed E-state index contributed by atoms with van der Waals surface area (Å²) in [7, 11) is 0. The Balaban J connectivity index is 2.08. The zero-order valence-electron chi connectivity index (χ0n) is 7.81. The lowest BCUT2D eigenvalue weighted by atomic mass is 10.2. The Kier molecular flexibility index (Phi) is 3.05. The summed E-state index contributed by atoms with van der Waals surface area (Å²) >= 11 is 4.08. The first-order valence-corrected chi connectivity index (χ1v) is 5.37. The van der Waals surface area contributed by atoms with Gasteiger partial charge in [-0.15, -0.1) is 10.2 Å². The summed E-state index contributed by atoms with van der Waals surface area (Å²) in [6.45, 7) is 1.01. The van der Waals surface area contributed by atoms with Crippen LogP contribution in [0.3, 0.4) is 0 Å². The zero-order valence-corrected chi connectivity index (χ0v) is 8.70. The third-order valence-corrected chi connectivity index (χ3v) is 2.72. The zero-order chi connectivity index (χ0) is 9.97. The molecular formula is C8H14N4OS. The fourth-order valence-corrected chi connectivity index (χ4v) is 1.67. The van der Waals surface area contributed by atoms with Gasteiger partial charge < -0.3 is 15.5 Å². The first-order valence-electron chi connectivity index (χ1n) is 4.74. The molecule has 0 saturated carbocycles. The lowest BCUT2D eigenvalue weighted by molar-refractivity contribution is 0.389. The highest BCUT2D eigenvalue weighted by atomic mass is 32.1. The smallest absolute Gasteiger partial charge is 0.234 e. The van der Waals surface area contributed by atoms with Crippen LogP contribution in [0.4, 0.5) is 0 Å². The molecule has 0 unspecified atom stereocenters. The molecule has 1 aromatic rings. The number of nitrogens with zero attached hydrogens (tertiary/aromatic N) is 2. The van der Waals surface area contributed by atoms with E-state index < -0.39 is 0 Å². The van der Waals surface area contributed by atoms with Crippen molar-refractivity contribution in [3.8, 4) is 0 Å². The molecule has 1 aliphatic heterocycles. The van der Waals surface area contributed by atoms with Crippen molar-refractivity contribution in [1.82, 2.24) is 15.5 Å². The van der Waals surface area contributed by atoms with Gasteiger partial charge in [-0.25, -0.2) is 0 Å². The Bertz CT molecular complexity index is 297. The Morgan fingerprint density at radius 2 is 2.50 bits per heavy atom. The second-order valence-electron chi connectivity index (χ2n) is 3.42. The molecule has 78 valence electrons. The van der Waals surface area contributed by atoms with Crippen molar-refractivity contribution >= 4 is 12.6 Å². The number of nitrogens with two attached hydrogens (primary N) is 1. The monoisotopic (exact) mass is 214 g/mol. The third kappa shape index (κ3) is 1.92. The molecule has 0 spiro atoms. The predicted octanol–water partition coefficient (Wildman–Crippen LogP) is 0.424. The summed E-state index contributed by atoms with van der Waals surface area (Å²) in [6, 6.07) is -0.0515. The minimum Gasteiger partial charge on any atom is -0.422 e. The fraction of sp³-hybridized carbons (Fsp3) is 0.750. The van der Waals surface area contributed by atoms with E-state index in [0.717, 1.165) is 19.4 Å². The number of aromatic nitrogens is 2. The van der Waals surface area contributed by atoms with E-state index in [9.17, 15) is 0 Å². The molecule has 2 atom stereocenters. The predicted molar refractivity (Wildman–Crippen MR) is 55.1 cm³/mol. The summed E-state index contributed by atoms with van der Waals surface area (Å²) in [5.41, 5.74) is 5.71. The second kappa shape index (κ2) is 4.29. The van der Waals surface area contributed by atoms with Crippen molar-refractivity contribution in [3.05, 3.63) is 11.8 Å². The van der Waals surface area contributed by atoms with Crippen LogP contribution in [-0.4, -0.2) is 22.5 Å². The molecule has 2 heterocycles. The Hall–Kier alpha value is -0.590. The van der Waals surface area contributed by atoms with E-state index in [2.05, 4.69) is 28.1 Å². The first-order chi connectivity index (χ1) is 6.81. The van der Waals surface area contributed by atoms with Crippen molar-refractivity contribution in [1.29, 1.82) is 0 Å². The van der Waals surface area contributed by atoms with Crippen molar-refractivity contribution in [2.45, 2.75) is 24.9 Å².